The first-order valence-corrected chi connectivity index (χ1v) is 8.76. The van der Waals surface area contributed by atoms with E-state index in [4.69, 9.17) is 4.74 Å². The van der Waals surface area contributed by atoms with E-state index < -0.39 is 0 Å². The number of aromatic nitrogens is 4. The summed E-state index contributed by atoms with van der Waals surface area (Å²) >= 11 is 0. The molecule has 0 saturated carbocycles. The van der Waals surface area contributed by atoms with Gasteiger partial charge in [-0.15, -0.1) is 0 Å². The van der Waals surface area contributed by atoms with Crippen molar-refractivity contribution >= 4 is 16.8 Å². The zero-order chi connectivity index (χ0) is 19.6. The molecule has 2 heterocycles. The average Bonchev–Trinajstić information content (AvgIpc) is 3.19. The summed E-state index contributed by atoms with van der Waals surface area (Å²) in [6.45, 7) is 4.52. The van der Waals surface area contributed by atoms with Gasteiger partial charge in [0.05, 0.1) is 11.2 Å². The molecule has 3 rings (SSSR count). The summed E-state index contributed by atoms with van der Waals surface area (Å²) in [5, 5.41) is 21.5. The van der Waals surface area contributed by atoms with Gasteiger partial charge in [0, 0.05) is 44.2 Å². The SMILES string of the molecule is Cn1nccc1COc1ccc2nn(C)c(C(=O)NCC(C)(C)CO)c2c1. The molecule has 0 fully saturated rings. The van der Waals surface area contributed by atoms with Crippen LogP contribution in [0, 0.1) is 5.41 Å². The molecular weight excluding hydrogens is 346 g/mol. The molecule has 0 aliphatic rings. The third-order valence-corrected chi connectivity index (χ3v) is 4.48. The second-order valence-corrected chi connectivity index (χ2v) is 7.39. The van der Waals surface area contributed by atoms with Crippen molar-refractivity contribution in [3.05, 3.63) is 41.9 Å². The number of hydrogen-bond donors (Lipinski definition) is 2. The molecule has 2 aromatic heterocycles. The van der Waals surface area contributed by atoms with E-state index >= 15 is 0 Å². The zero-order valence-corrected chi connectivity index (χ0v) is 16.1. The Morgan fingerprint density at radius 1 is 1.26 bits per heavy atom. The van der Waals surface area contributed by atoms with E-state index in [9.17, 15) is 9.90 Å². The second kappa shape index (κ2) is 7.40. The minimum absolute atomic E-state index is 0.00852. The number of benzene rings is 1. The number of carbonyl (C=O) groups is 1. The van der Waals surface area contributed by atoms with Gasteiger partial charge >= 0.3 is 0 Å². The van der Waals surface area contributed by atoms with Crippen molar-refractivity contribution in [1.29, 1.82) is 0 Å². The first-order chi connectivity index (χ1) is 12.8. The van der Waals surface area contributed by atoms with E-state index in [1.54, 1.807) is 22.6 Å². The minimum atomic E-state index is -0.387. The number of aliphatic hydroxyl groups is 1. The van der Waals surface area contributed by atoms with Crippen molar-refractivity contribution < 1.29 is 14.6 Å². The van der Waals surface area contributed by atoms with Crippen molar-refractivity contribution in [1.82, 2.24) is 24.9 Å². The van der Waals surface area contributed by atoms with Gasteiger partial charge in [0.1, 0.15) is 18.1 Å². The van der Waals surface area contributed by atoms with Crippen LogP contribution >= 0.6 is 0 Å². The van der Waals surface area contributed by atoms with E-state index in [2.05, 4.69) is 15.5 Å². The molecule has 1 amide bonds. The number of fused-ring (bicyclic) bond motifs is 1. The number of hydrogen-bond acceptors (Lipinski definition) is 5. The van der Waals surface area contributed by atoms with Gasteiger partial charge in [-0.05, 0) is 24.3 Å². The first-order valence-electron chi connectivity index (χ1n) is 8.76. The molecule has 8 heteroatoms. The largest absolute Gasteiger partial charge is 0.487 e. The van der Waals surface area contributed by atoms with Gasteiger partial charge in [-0.2, -0.15) is 10.2 Å². The predicted octanol–water partition coefficient (Wildman–Crippen LogP) is 1.63. The fourth-order valence-electron chi connectivity index (χ4n) is 2.70. The summed E-state index contributed by atoms with van der Waals surface area (Å²) in [4.78, 5) is 12.7. The van der Waals surface area contributed by atoms with Gasteiger partial charge < -0.3 is 15.2 Å². The number of carbonyl (C=O) groups excluding carboxylic acids is 1. The molecule has 2 N–H and O–H groups in total. The first kappa shape index (κ1) is 18.9. The molecule has 0 spiro atoms. The maximum atomic E-state index is 12.7. The van der Waals surface area contributed by atoms with Crippen LogP contribution < -0.4 is 10.1 Å². The molecular formula is C19H25N5O3. The molecule has 1 aromatic carbocycles. The van der Waals surface area contributed by atoms with E-state index in [0.717, 1.165) is 16.6 Å². The Labute approximate surface area is 157 Å². The predicted molar refractivity (Wildman–Crippen MR) is 101 cm³/mol. The quantitative estimate of drug-likeness (QED) is 0.658. The summed E-state index contributed by atoms with van der Waals surface area (Å²) in [6, 6.07) is 7.39. The van der Waals surface area contributed by atoms with Crippen molar-refractivity contribution in [3.8, 4) is 5.75 Å². The lowest BCUT2D eigenvalue weighted by Crippen LogP contribution is -2.36. The summed E-state index contributed by atoms with van der Waals surface area (Å²) in [7, 11) is 3.60. The number of aliphatic hydroxyl groups excluding tert-OH is 1. The van der Waals surface area contributed by atoms with E-state index in [1.807, 2.05) is 45.2 Å². The van der Waals surface area contributed by atoms with Crippen LogP contribution in [0.15, 0.2) is 30.5 Å². The van der Waals surface area contributed by atoms with Crippen LogP contribution in [0.4, 0.5) is 0 Å². The fourth-order valence-corrected chi connectivity index (χ4v) is 2.70. The topological polar surface area (TPSA) is 94.2 Å². The highest BCUT2D eigenvalue weighted by molar-refractivity contribution is 6.05. The maximum Gasteiger partial charge on any atom is 0.270 e. The van der Waals surface area contributed by atoms with Gasteiger partial charge in [-0.1, -0.05) is 13.8 Å². The highest BCUT2D eigenvalue weighted by Crippen LogP contribution is 2.24. The number of ether oxygens (including phenoxy) is 1. The second-order valence-electron chi connectivity index (χ2n) is 7.39. The summed E-state index contributed by atoms with van der Waals surface area (Å²) in [5.41, 5.74) is 1.74. The molecule has 8 nitrogen and oxygen atoms in total. The van der Waals surface area contributed by atoms with Gasteiger partial charge in [0.2, 0.25) is 0 Å². The van der Waals surface area contributed by atoms with Gasteiger partial charge in [-0.25, -0.2) is 0 Å². The Kier molecular flexibility index (Phi) is 5.18. The molecule has 0 radical (unpaired) electrons. The third-order valence-electron chi connectivity index (χ3n) is 4.48. The fraction of sp³-hybridized carbons (Fsp3) is 0.421. The van der Waals surface area contributed by atoms with Crippen LogP contribution in [0.5, 0.6) is 5.75 Å². The summed E-state index contributed by atoms with van der Waals surface area (Å²) in [6.07, 6.45) is 1.72. The van der Waals surface area contributed by atoms with Crippen LogP contribution in [0.25, 0.3) is 10.9 Å². The average molecular weight is 371 g/mol. The number of rotatable bonds is 7. The van der Waals surface area contributed by atoms with Crippen molar-refractivity contribution in [2.24, 2.45) is 19.5 Å². The lowest BCUT2D eigenvalue weighted by molar-refractivity contribution is 0.0903. The van der Waals surface area contributed by atoms with E-state index in [-0.39, 0.29) is 17.9 Å². The molecule has 0 aliphatic carbocycles. The lowest BCUT2D eigenvalue weighted by atomic mass is 9.95. The molecule has 144 valence electrons. The molecule has 3 aromatic rings. The number of nitrogens with one attached hydrogen (secondary N) is 1. The molecule has 27 heavy (non-hydrogen) atoms. The number of nitrogens with zero attached hydrogens (tertiary/aromatic N) is 4. The Morgan fingerprint density at radius 3 is 2.70 bits per heavy atom. The van der Waals surface area contributed by atoms with Crippen molar-refractivity contribution in [3.63, 3.8) is 0 Å². The zero-order valence-electron chi connectivity index (χ0n) is 16.1. The van der Waals surface area contributed by atoms with Crippen LogP contribution in [0.3, 0.4) is 0 Å². The summed E-state index contributed by atoms with van der Waals surface area (Å²) in [5.74, 6) is 0.423. The Morgan fingerprint density at radius 2 is 2.04 bits per heavy atom. The lowest BCUT2D eigenvalue weighted by Gasteiger charge is -2.21. The van der Waals surface area contributed by atoms with Gasteiger partial charge in [-0.3, -0.25) is 14.2 Å². The van der Waals surface area contributed by atoms with Gasteiger partial charge in [0.25, 0.3) is 5.91 Å². The van der Waals surface area contributed by atoms with E-state index in [0.29, 0.717) is 24.6 Å². The number of aryl methyl sites for hydroxylation is 2. The highest BCUT2D eigenvalue weighted by atomic mass is 16.5. The summed E-state index contributed by atoms with van der Waals surface area (Å²) < 4.78 is 9.17. The Balaban J connectivity index is 1.81. The smallest absolute Gasteiger partial charge is 0.270 e. The third kappa shape index (κ3) is 4.11. The molecule has 0 saturated heterocycles. The Hall–Kier alpha value is -2.87. The van der Waals surface area contributed by atoms with Crippen molar-refractivity contribution in [2.75, 3.05) is 13.2 Å². The molecule has 0 atom stereocenters. The van der Waals surface area contributed by atoms with Crippen LogP contribution in [-0.4, -0.2) is 43.7 Å². The maximum absolute atomic E-state index is 12.7. The molecule has 0 aliphatic heterocycles. The van der Waals surface area contributed by atoms with Gasteiger partial charge in [0.15, 0.2) is 0 Å². The monoisotopic (exact) mass is 371 g/mol. The molecule has 0 bridgehead atoms. The van der Waals surface area contributed by atoms with Crippen LogP contribution in [0.1, 0.15) is 30.0 Å². The van der Waals surface area contributed by atoms with Crippen LogP contribution in [0.2, 0.25) is 0 Å². The standard InChI is InChI=1S/C19H25N5O3/c1-19(2,12-25)11-20-18(26)17-15-9-14(5-6-16(15)22-24(17)4)27-10-13-7-8-21-23(13)3/h5-9,25H,10-12H2,1-4H3,(H,20,26). The highest BCUT2D eigenvalue weighted by Gasteiger charge is 2.21. The number of amides is 1. The Bertz CT molecular complexity index is 958. The minimum Gasteiger partial charge on any atom is -0.487 e. The molecule has 0 unspecified atom stereocenters. The van der Waals surface area contributed by atoms with Crippen LogP contribution in [-0.2, 0) is 20.7 Å². The van der Waals surface area contributed by atoms with E-state index in [1.165, 1.54) is 0 Å². The van der Waals surface area contributed by atoms with Crippen molar-refractivity contribution in [2.45, 2.75) is 20.5 Å². The normalized spacial score (nSPS) is 11.7.